The molecule has 1 amide bonds. The summed E-state index contributed by atoms with van der Waals surface area (Å²) in [5, 5.41) is 6.42. The summed E-state index contributed by atoms with van der Waals surface area (Å²) in [5.74, 6) is 0.874. The second-order valence-electron chi connectivity index (χ2n) is 5.59. The largest absolute Gasteiger partial charge is 0.326 e. The summed E-state index contributed by atoms with van der Waals surface area (Å²) in [5.41, 5.74) is 2.53. The molecule has 1 aliphatic carbocycles. The lowest BCUT2D eigenvalue weighted by molar-refractivity contribution is -0.123. The van der Waals surface area contributed by atoms with Crippen LogP contribution >= 0.6 is 0 Å². The summed E-state index contributed by atoms with van der Waals surface area (Å²) in [6.07, 6.45) is 9.04. The van der Waals surface area contributed by atoms with E-state index in [2.05, 4.69) is 22.8 Å². The number of allylic oxidation sites excluding steroid dienone is 3. The van der Waals surface area contributed by atoms with E-state index < -0.39 is 0 Å². The fourth-order valence-electron chi connectivity index (χ4n) is 2.61. The van der Waals surface area contributed by atoms with Crippen LogP contribution in [-0.4, -0.2) is 19.0 Å². The SMILES string of the molecule is CC(C)C(=O)NC1=CCCC(C2CCNCC2)=C1. The molecule has 0 saturated carbocycles. The summed E-state index contributed by atoms with van der Waals surface area (Å²) in [4.78, 5) is 11.7. The van der Waals surface area contributed by atoms with Crippen molar-refractivity contribution in [2.24, 2.45) is 11.8 Å². The van der Waals surface area contributed by atoms with Gasteiger partial charge in [-0.05, 0) is 50.8 Å². The van der Waals surface area contributed by atoms with Gasteiger partial charge in [-0.2, -0.15) is 0 Å². The van der Waals surface area contributed by atoms with Gasteiger partial charge in [0.2, 0.25) is 5.91 Å². The van der Waals surface area contributed by atoms with Crippen LogP contribution in [0.2, 0.25) is 0 Å². The van der Waals surface area contributed by atoms with E-state index in [0.717, 1.165) is 31.6 Å². The molecular weight excluding hydrogens is 224 g/mol. The van der Waals surface area contributed by atoms with Gasteiger partial charge < -0.3 is 10.6 Å². The van der Waals surface area contributed by atoms with Crippen molar-refractivity contribution < 1.29 is 4.79 Å². The number of hydrogen-bond acceptors (Lipinski definition) is 2. The molecule has 2 rings (SSSR count). The molecule has 0 radical (unpaired) electrons. The smallest absolute Gasteiger partial charge is 0.226 e. The van der Waals surface area contributed by atoms with Gasteiger partial charge in [0.05, 0.1) is 0 Å². The van der Waals surface area contributed by atoms with Gasteiger partial charge in [-0.3, -0.25) is 4.79 Å². The van der Waals surface area contributed by atoms with Gasteiger partial charge in [-0.1, -0.05) is 25.5 Å². The lowest BCUT2D eigenvalue weighted by atomic mass is 9.85. The number of carbonyl (C=O) groups is 1. The Morgan fingerprint density at radius 3 is 2.78 bits per heavy atom. The van der Waals surface area contributed by atoms with E-state index in [4.69, 9.17) is 0 Å². The first kappa shape index (κ1) is 13.3. The molecule has 1 fully saturated rings. The highest BCUT2D eigenvalue weighted by Crippen LogP contribution is 2.28. The second-order valence-corrected chi connectivity index (χ2v) is 5.59. The van der Waals surface area contributed by atoms with Crippen molar-refractivity contribution in [2.75, 3.05) is 13.1 Å². The van der Waals surface area contributed by atoms with E-state index in [-0.39, 0.29) is 11.8 Å². The molecule has 0 aromatic heterocycles. The van der Waals surface area contributed by atoms with Gasteiger partial charge in [0.25, 0.3) is 0 Å². The molecule has 18 heavy (non-hydrogen) atoms. The molecule has 0 spiro atoms. The first-order valence-corrected chi connectivity index (χ1v) is 7.09. The number of amides is 1. The zero-order valence-electron chi connectivity index (χ0n) is 11.5. The predicted octanol–water partition coefficient (Wildman–Crippen LogP) is 2.36. The number of carbonyl (C=O) groups excluding carboxylic acids is 1. The average molecular weight is 248 g/mol. The molecule has 0 atom stereocenters. The molecule has 3 nitrogen and oxygen atoms in total. The molecule has 0 aromatic carbocycles. The van der Waals surface area contributed by atoms with E-state index in [1.807, 2.05) is 13.8 Å². The highest BCUT2D eigenvalue weighted by atomic mass is 16.1. The molecule has 1 saturated heterocycles. The highest BCUT2D eigenvalue weighted by Gasteiger charge is 2.19. The topological polar surface area (TPSA) is 41.1 Å². The molecule has 0 bridgehead atoms. The van der Waals surface area contributed by atoms with Crippen LogP contribution in [0.4, 0.5) is 0 Å². The van der Waals surface area contributed by atoms with Gasteiger partial charge in [0.1, 0.15) is 0 Å². The van der Waals surface area contributed by atoms with Gasteiger partial charge in [-0.15, -0.1) is 0 Å². The Balaban J connectivity index is 1.98. The third-order valence-electron chi connectivity index (χ3n) is 3.79. The van der Waals surface area contributed by atoms with E-state index >= 15 is 0 Å². The van der Waals surface area contributed by atoms with E-state index in [1.165, 1.54) is 18.4 Å². The monoisotopic (exact) mass is 248 g/mol. The third-order valence-corrected chi connectivity index (χ3v) is 3.79. The van der Waals surface area contributed by atoms with Crippen molar-refractivity contribution >= 4 is 5.91 Å². The van der Waals surface area contributed by atoms with Gasteiger partial charge in [0.15, 0.2) is 0 Å². The first-order chi connectivity index (χ1) is 8.66. The maximum absolute atomic E-state index is 11.7. The van der Waals surface area contributed by atoms with E-state index in [9.17, 15) is 4.79 Å². The number of hydrogen-bond donors (Lipinski definition) is 2. The van der Waals surface area contributed by atoms with Crippen molar-refractivity contribution in [1.29, 1.82) is 0 Å². The zero-order chi connectivity index (χ0) is 13.0. The van der Waals surface area contributed by atoms with Crippen LogP contribution in [0.15, 0.2) is 23.4 Å². The number of rotatable bonds is 3. The van der Waals surface area contributed by atoms with Crippen molar-refractivity contribution in [1.82, 2.24) is 10.6 Å². The molecule has 100 valence electrons. The minimum absolute atomic E-state index is 0.0450. The van der Waals surface area contributed by atoms with Crippen molar-refractivity contribution in [3.8, 4) is 0 Å². The van der Waals surface area contributed by atoms with E-state index in [1.54, 1.807) is 0 Å². The van der Waals surface area contributed by atoms with Crippen molar-refractivity contribution in [3.05, 3.63) is 23.4 Å². The van der Waals surface area contributed by atoms with Crippen LogP contribution in [0, 0.1) is 11.8 Å². The Hall–Kier alpha value is -1.09. The van der Waals surface area contributed by atoms with Crippen LogP contribution in [0.3, 0.4) is 0 Å². The van der Waals surface area contributed by atoms with Crippen LogP contribution in [-0.2, 0) is 4.79 Å². The first-order valence-electron chi connectivity index (χ1n) is 7.09. The standard InChI is InChI=1S/C15H24N2O/c1-11(2)15(18)17-14-5-3-4-13(10-14)12-6-8-16-9-7-12/h5,10-12,16H,3-4,6-9H2,1-2H3,(H,17,18). The molecule has 0 aromatic rings. The number of nitrogens with one attached hydrogen (secondary N) is 2. The summed E-state index contributed by atoms with van der Waals surface area (Å²) in [7, 11) is 0. The van der Waals surface area contributed by atoms with Crippen molar-refractivity contribution in [2.45, 2.75) is 39.5 Å². The summed E-state index contributed by atoms with van der Waals surface area (Å²) < 4.78 is 0. The Morgan fingerprint density at radius 2 is 2.11 bits per heavy atom. The second kappa shape index (κ2) is 6.19. The van der Waals surface area contributed by atoms with Crippen LogP contribution in [0.1, 0.15) is 39.5 Å². The summed E-state index contributed by atoms with van der Waals surface area (Å²) in [6.45, 7) is 6.10. The highest BCUT2D eigenvalue weighted by molar-refractivity contribution is 5.80. The van der Waals surface area contributed by atoms with E-state index in [0.29, 0.717) is 5.92 Å². The van der Waals surface area contributed by atoms with Crippen LogP contribution in [0.5, 0.6) is 0 Å². The van der Waals surface area contributed by atoms with Crippen LogP contribution < -0.4 is 10.6 Å². The minimum atomic E-state index is 0.0450. The van der Waals surface area contributed by atoms with Gasteiger partial charge >= 0.3 is 0 Å². The van der Waals surface area contributed by atoms with Gasteiger partial charge in [0, 0.05) is 11.6 Å². The fraction of sp³-hybridized carbons (Fsp3) is 0.667. The molecule has 1 heterocycles. The zero-order valence-corrected chi connectivity index (χ0v) is 11.5. The molecule has 1 aliphatic heterocycles. The summed E-state index contributed by atoms with van der Waals surface area (Å²) >= 11 is 0. The quantitative estimate of drug-likeness (QED) is 0.805. The molecular formula is C15H24N2O. The lowest BCUT2D eigenvalue weighted by Gasteiger charge is -2.27. The Labute approximate surface area is 110 Å². The number of piperidine rings is 1. The Bertz CT molecular complexity index is 363. The fourth-order valence-corrected chi connectivity index (χ4v) is 2.61. The minimum Gasteiger partial charge on any atom is -0.326 e. The maximum Gasteiger partial charge on any atom is 0.226 e. The predicted molar refractivity (Wildman–Crippen MR) is 74.0 cm³/mol. The molecule has 2 aliphatic rings. The summed E-state index contributed by atoms with van der Waals surface area (Å²) in [6, 6.07) is 0. The average Bonchev–Trinajstić information content (AvgIpc) is 2.40. The lowest BCUT2D eigenvalue weighted by Crippen LogP contribution is -2.30. The van der Waals surface area contributed by atoms with Crippen molar-refractivity contribution in [3.63, 3.8) is 0 Å². The normalized spacial score (nSPS) is 21.5. The molecule has 3 heteroatoms. The van der Waals surface area contributed by atoms with Crippen LogP contribution in [0.25, 0.3) is 0 Å². The van der Waals surface area contributed by atoms with Gasteiger partial charge in [-0.25, -0.2) is 0 Å². The Morgan fingerprint density at radius 1 is 1.39 bits per heavy atom. The Kier molecular flexibility index (Phi) is 4.59. The third kappa shape index (κ3) is 3.45. The maximum atomic E-state index is 11.7. The molecule has 0 unspecified atom stereocenters. The molecule has 2 N–H and O–H groups in total.